The van der Waals surface area contributed by atoms with Gasteiger partial charge >= 0.3 is 0 Å². The molecule has 1 aliphatic rings. The van der Waals surface area contributed by atoms with Crippen molar-refractivity contribution in [3.8, 4) is 0 Å². The minimum absolute atomic E-state index is 0.273. The van der Waals surface area contributed by atoms with Crippen LogP contribution in [0.2, 0.25) is 0 Å². The normalized spacial score (nSPS) is 13.9. The second-order valence-corrected chi connectivity index (χ2v) is 4.54. The molecule has 0 bridgehead atoms. The summed E-state index contributed by atoms with van der Waals surface area (Å²) in [6, 6.07) is 0. The topological polar surface area (TPSA) is 88.6 Å². The van der Waals surface area contributed by atoms with E-state index >= 15 is 0 Å². The summed E-state index contributed by atoms with van der Waals surface area (Å²) in [6.45, 7) is 5.25. The summed E-state index contributed by atoms with van der Waals surface area (Å²) in [6.07, 6.45) is 0.760. The van der Waals surface area contributed by atoms with E-state index in [1.165, 1.54) is 0 Å². The van der Waals surface area contributed by atoms with Crippen molar-refractivity contribution in [1.29, 1.82) is 0 Å². The van der Waals surface area contributed by atoms with E-state index in [4.69, 9.17) is 0 Å². The highest BCUT2D eigenvalue weighted by Crippen LogP contribution is 2.22. The second-order valence-electron chi connectivity index (χ2n) is 4.54. The highest BCUT2D eigenvalue weighted by Gasteiger charge is 2.49. The third-order valence-electron chi connectivity index (χ3n) is 3.20. The van der Waals surface area contributed by atoms with E-state index in [1.54, 1.807) is 4.90 Å². The Balaban J connectivity index is 0.000000443. The van der Waals surface area contributed by atoms with Crippen LogP contribution in [0, 0.1) is 5.41 Å². The first kappa shape index (κ1) is 17.2. The van der Waals surface area contributed by atoms with Crippen molar-refractivity contribution in [1.82, 2.24) is 4.90 Å². The van der Waals surface area contributed by atoms with Crippen LogP contribution in [0.1, 0.15) is 34.1 Å². The minimum Gasteiger partial charge on any atom is -0.345 e. The third kappa shape index (κ3) is 3.33. The van der Waals surface area contributed by atoms with E-state index in [0.29, 0.717) is 0 Å². The zero-order valence-corrected chi connectivity index (χ0v) is 11.9. The SMILES string of the molecule is CC(=O)C(C(C)=O)(C(C)=O)C(C)=O.CN1CCC1=O. The van der Waals surface area contributed by atoms with E-state index in [1.807, 2.05) is 7.05 Å². The largest absolute Gasteiger partial charge is 0.345 e. The standard InChI is InChI=1S/C9H12O4.C4H7NO/c1-5(10)9(6(2)11,7(3)12)8(4)13;1-5-3-2-4(5)6/h1-4H3;2-3H2,1H3. The fourth-order valence-corrected chi connectivity index (χ4v) is 1.91. The molecular weight excluding hydrogens is 250 g/mol. The maximum absolute atomic E-state index is 11.1. The summed E-state index contributed by atoms with van der Waals surface area (Å²) in [4.78, 5) is 56.4. The van der Waals surface area contributed by atoms with Gasteiger partial charge in [-0.15, -0.1) is 0 Å². The number of β-lactam (4-membered cyclic amide) rings is 1. The Hall–Kier alpha value is -1.85. The van der Waals surface area contributed by atoms with Crippen molar-refractivity contribution in [2.24, 2.45) is 5.41 Å². The first-order chi connectivity index (χ1) is 8.58. The lowest BCUT2D eigenvalue weighted by atomic mass is 9.74. The highest BCUT2D eigenvalue weighted by molar-refractivity contribution is 6.37. The van der Waals surface area contributed by atoms with Crippen LogP contribution in [-0.2, 0) is 24.0 Å². The molecule has 1 fully saturated rings. The molecule has 6 heteroatoms. The number of nitrogens with zero attached hydrogens (tertiary/aromatic N) is 1. The summed E-state index contributed by atoms with van der Waals surface area (Å²) in [5.74, 6) is -2.56. The number of likely N-dealkylation sites (tertiary alicyclic amines) is 1. The highest BCUT2D eigenvalue weighted by atomic mass is 16.2. The molecule has 0 atom stereocenters. The summed E-state index contributed by atoms with van der Waals surface area (Å²) in [5, 5.41) is 0. The van der Waals surface area contributed by atoms with Gasteiger partial charge in [-0.05, 0) is 27.7 Å². The van der Waals surface area contributed by atoms with Crippen LogP contribution in [-0.4, -0.2) is 47.5 Å². The molecule has 0 unspecified atom stereocenters. The Morgan fingerprint density at radius 1 is 0.895 bits per heavy atom. The molecule has 1 amide bonds. The first-order valence-corrected chi connectivity index (χ1v) is 5.86. The summed E-state index contributed by atoms with van der Waals surface area (Å²) in [7, 11) is 1.81. The molecule has 0 aromatic heterocycles. The maximum Gasteiger partial charge on any atom is 0.224 e. The van der Waals surface area contributed by atoms with Crippen molar-refractivity contribution in [2.45, 2.75) is 34.1 Å². The molecular formula is C13H19NO5. The number of carbonyl (C=O) groups is 5. The maximum atomic E-state index is 11.1. The van der Waals surface area contributed by atoms with Crippen LogP contribution in [0.5, 0.6) is 0 Å². The number of ketones is 4. The first-order valence-electron chi connectivity index (χ1n) is 5.86. The predicted octanol–water partition coefficient (Wildman–Crippen LogP) is 0.177. The van der Waals surface area contributed by atoms with E-state index in [0.717, 1.165) is 40.7 Å². The van der Waals surface area contributed by atoms with Gasteiger partial charge in [0.15, 0.2) is 23.1 Å². The summed E-state index contributed by atoms with van der Waals surface area (Å²) >= 11 is 0. The average Bonchev–Trinajstić information content (AvgIpc) is 2.26. The van der Waals surface area contributed by atoms with E-state index in [9.17, 15) is 24.0 Å². The Bertz CT molecular complexity index is 377. The van der Waals surface area contributed by atoms with Crippen molar-refractivity contribution in [3.05, 3.63) is 0 Å². The number of hydrogen-bond donors (Lipinski definition) is 0. The molecule has 106 valence electrons. The van der Waals surface area contributed by atoms with Crippen LogP contribution in [0.3, 0.4) is 0 Å². The lowest BCUT2D eigenvalue weighted by Crippen LogP contribution is -2.48. The molecule has 1 rings (SSSR count). The van der Waals surface area contributed by atoms with Gasteiger partial charge < -0.3 is 4.90 Å². The monoisotopic (exact) mass is 269 g/mol. The van der Waals surface area contributed by atoms with Gasteiger partial charge in [0.1, 0.15) is 0 Å². The lowest BCUT2D eigenvalue weighted by molar-refractivity contribution is -0.152. The molecule has 0 aliphatic carbocycles. The predicted molar refractivity (Wildman–Crippen MR) is 67.4 cm³/mol. The zero-order chi connectivity index (χ0) is 15.4. The van der Waals surface area contributed by atoms with Crippen LogP contribution in [0.4, 0.5) is 0 Å². The quantitative estimate of drug-likeness (QED) is 0.536. The van der Waals surface area contributed by atoms with Crippen molar-refractivity contribution < 1.29 is 24.0 Å². The van der Waals surface area contributed by atoms with Gasteiger partial charge in [-0.25, -0.2) is 0 Å². The molecule has 6 nitrogen and oxygen atoms in total. The number of hydrogen-bond acceptors (Lipinski definition) is 5. The summed E-state index contributed by atoms with van der Waals surface area (Å²) in [5.41, 5.74) is -2.06. The van der Waals surface area contributed by atoms with Gasteiger partial charge in [0, 0.05) is 20.0 Å². The molecule has 0 aromatic rings. The van der Waals surface area contributed by atoms with Crippen LogP contribution >= 0.6 is 0 Å². The minimum atomic E-state index is -2.06. The Kier molecular flexibility index (Phi) is 5.74. The number of amides is 1. The molecule has 0 saturated carbocycles. The van der Waals surface area contributed by atoms with Gasteiger partial charge in [0.2, 0.25) is 11.3 Å². The van der Waals surface area contributed by atoms with Gasteiger partial charge in [-0.1, -0.05) is 0 Å². The molecule has 1 heterocycles. The molecule has 0 N–H and O–H groups in total. The van der Waals surface area contributed by atoms with Gasteiger partial charge in [0.25, 0.3) is 0 Å². The van der Waals surface area contributed by atoms with Gasteiger partial charge in [-0.3, -0.25) is 24.0 Å². The molecule has 0 radical (unpaired) electrons. The van der Waals surface area contributed by atoms with Crippen LogP contribution < -0.4 is 0 Å². The number of rotatable bonds is 4. The Morgan fingerprint density at radius 3 is 1.16 bits per heavy atom. The third-order valence-corrected chi connectivity index (χ3v) is 3.20. The second kappa shape index (κ2) is 6.36. The molecule has 0 aromatic carbocycles. The molecule has 1 aliphatic heterocycles. The Labute approximate surface area is 112 Å². The smallest absolute Gasteiger partial charge is 0.224 e. The fourth-order valence-electron chi connectivity index (χ4n) is 1.91. The van der Waals surface area contributed by atoms with Crippen molar-refractivity contribution >= 4 is 29.0 Å². The van der Waals surface area contributed by atoms with E-state index in [2.05, 4.69) is 0 Å². The van der Waals surface area contributed by atoms with E-state index in [-0.39, 0.29) is 5.91 Å². The van der Waals surface area contributed by atoms with Gasteiger partial charge in [0.05, 0.1) is 0 Å². The van der Waals surface area contributed by atoms with Crippen LogP contribution in [0.15, 0.2) is 0 Å². The Morgan fingerprint density at radius 2 is 1.16 bits per heavy atom. The average molecular weight is 269 g/mol. The van der Waals surface area contributed by atoms with Gasteiger partial charge in [-0.2, -0.15) is 0 Å². The van der Waals surface area contributed by atoms with E-state index < -0.39 is 28.5 Å². The summed E-state index contributed by atoms with van der Waals surface area (Å²) < 4.78 is 0. The van der Waals surface area contributed by atoms with Crippen molar-refractivity contribution in [2.75, 3.05) is 13.6 Å². The fraction of sp³-hybridized carbons (Fsp3) is 0.615. The molecule has 0 spiro atoms. The molecule has 1 saturated heterocycles. The number of carbonyl (C=O) groups excluding carboxylic acids is 5. The van der Waals surface area contributed by atoms with Crippen LogP contribution in [0.25, 0.3) is 0 Å². The zero-order valence-electron chi connectivity index (χ0n) is 11.9. The molecule has 19 heavy (non-hydrogen) atoms. The number of Topliss-reactive ketones (excluding diaryl/α,β-unsaturated/α-hetero) is 4. The van der Waals surface area contributed by atoms with Crippen molar-refractivity contribution in [3.63, 3.8) is 0 Å². The lowest BCUT2D eigenvalue weighted by Gasteiger charge is -2.24.